The van der Waals surface area contributed by atoms with Gasteiger partial charge in [0.2, 0.25) is 0 Å². The van der Waals surface area contributed by atoms with E-state index < -0.39 is 12.4 Å². The molecule has 0 radical (unpaired) electrons. The predicted octanol–water partition coefficient (Wildman–Crippen LogP) is 4.24. The number of hydrogen-bond donors (Lipinski definition) is 0. The van der Waals surface area contributed by atoms with Gasteiger partial charge < -0.3 is 9.47 Å². The van der Waals surface area contributed by atoms with Crippen LogP contribution in [0.1, 0.15) is 24.7 Å². The van der Waals surface area contributed by atoms with Crippen LogP contribution in [0.3, 0.4) is 0 Å². The Kier molecular flexibility index (Phi) is 5.38. The monoisotopic (exact) mass is 281 g/mol. The highest BCUT2D eigenvalue weighted by molar-refractivity contribution is 5.46. The van der Waals surface area contributed by atoms with Crippen LogP contribution < -0.4 is 0 Å². The van der Waals surface area contributed by atoms with Crippen molar-refractivity contribution < 1.29 is 18.3 Å². The van der Waals surface area contributed by atoms with E-state index in [0.29, 0.717) is 26.1 Å². The van der Waals surface area contributed by atoms with E-state index in [0.717, 1.165) is 17.3 Å². The van der Waals surface area contributed by atoms with E-state index >= 15 is 0 Å². The first-order valence-corrected chi connectivity index (χ1v) is 6.50. The first-order valence-electron chi connectivity index (χ1n) is 6.50. The lowest BCUT2D eigenvalue weighted by Crippen LogP contribution is -2.26. The van der Waals surface area contributed by atoms with Gasteiger partial charge in [0.1, 0.15) is 0 Å². The van der Waals surface area contributed by atoms with E-state index in [-0.39, 0.29) is 5.92 Å². The lowest BCUT2D eigenvalue weighted by Gasteiger charge is -2.29. The van der Waals surface area contributed by atoms with Gasteiger partial charge in [-0.05, 0) is 37.8 Å². The maximum Gasteiger partial charge on any atom is 0.266 e. The van der Waals surface area contributed by atoms with E-state index in [4.69, 9.17) is 9.47 Å². The molecule has 0 saturated carbocycles. The maximum atomic E-state index is 11.9. The van der Waals surface area contributed by atoms with E-state index in [2.05, 4.69) is 11.7 Å². The Morgan fingerprint density at radius 2 is 1.90 bits per heavy atom. The van der Waals surface area contributed by atoms with Crippen molar-refractivity contribution in [3.63, 3.8) is 0 Å². The van der Waals surface area contributed by atoms with Gasteiger partial charge in [0.25, 0.3) is 6.08 Å². The number of rotatable bonds is 5. The van der Waals surface area contributed by atoms with E-state index in [1.165, 1.54) is 0 Å². The van der Waals surface area contributed by atoms with Crippen molar-refractivity contribution in [2.75, 3.05) is 13.2 Å². The number of allylic oxidation sites excluding steroid dienone is 1. The standard InChI is InChI=1S/C15H17F2NO2/c1-18-13-7-5-12(6-8-13)15-19-9-11(10-20-15)3-2-4-14(16)17/h4-8,11,15H,1-3,9-10H2. The Balaban J connectivity index is 1.81. The van der Waals surface area contributed by atoms with Gasteiger partial charge in [0, 0.05) is 11.5 Å². The van der Waals surface area contributed by atoms with Crippen molar-refractivity contribution in [2.24, 2.45) is 10.9 Å². The first kappa shape index (κ1) is 14.8. The lowest BCUT2D eigenvalue weighted by molar-refractivity contribution is -0.205. The van der Waals surface area contributed by atoms with Crippen LogP contribution in [-0.2, 0) is 9.47 Å². The van der Waals surface area contributed by atoms with Crippen molar-refractivity contribution in [2.45, 2.75) is 19.1 Å². The van der Waals surface area contributed by atoms with Crippen LogP contribution >= 0.6 is 0 Å². The molecule has 0 bridgehead atoms. The number of ether oxygens (including phenoxy) is 2. The number of halogens is 2. The topological polar surface area (TPSA) is 30.8 Å². The van der Waals surface area contributed by atoms with Crippen molar-refractivity contribution in [3.8, 4) is 0 Å². The second-order valence-electron chi connectivity index (χ2n) is 4.69. The molecule has 1 aromatic rings. The summed E-state index contributed by atoms with van der Waals surface area (Å²) in [6.45, 7) is 4.50. The molecule has 0 amide bonds. The molecule has 20 heavy (non-hydrogen) atoms. The molecule has 1 heterocycles. The molecular weight excluding hydrogens is 264 g/mol. The molecular formula is C15H17F2NO2. The fourth-order valence-electron chi connectivity index (χ4n) is 2.07. The van der Waals surface area contributed by atoms with Crippen molar-refractivity contribution in [1.82, 2.24) is 0 Å². The quantitative estimate of drug-likeness (QED) is 0.756. The maximum absolute atomic E-state index is 11.9. The van der Waals surface area contributed by atoms with Gasteiger partial charge >= 0.3 is 0 Å². The van der Waals surface area contributed by atoms with E-state index in [9.17, 15) is 8.78 Å². The Hall–Kier alpha value is -1.59. The largest absolute Gasteiger partial charge is 0.348 e. The molecule has 1 fully saturated rings. The average molecular weight is 281 g/mol. The van der Waals surface area contributed by atoms with Crippen LogP contribution in [0.15, 0.2) is 41.4 Å². The normalized spacial score (nSPS) is 22.3. The van der Waals surface area contributed by atoms with Gasteiger partial charge in [0.15, 0.2) is 6.29 Å². The fraction of sp³-hybridized carbons (Fsp3) is 0.400. The Bertz CT molecular complexity index is 461. The molecule has 5 heteroatoms. The molecule has 1 aliphatic heterocycles. The fourth-order valence-corrected chi connectivity index (χ4v) is 2.07. The molecule has 0 atom stereocenters. The summed E-state index contributed by atoms with van der Waals surface area (Å²) in [5, 5.41) is 0. The smallest absolute Gasteiger partial charge is 0.266 e. The lowest BCUT2D eigenvalue weighted by atomic mass is 10.0. The molecule has 2 rings (SSSR count). The Morgan fingerprint density at radius 1 is 1.25 bits per heavy atom. The minimum Gasteiger partial charge on any atom is -0.348 e. The molecule has 0 aromatic heterocycles. The molecule has 1 saturated heterocycles. The molecule has 0 unspecified atom stereocenters. The number of nitrogens with zero attached hydrogens (tertiary/aromatic N) is 1. The molecule has 1 aliphatic rings. The highest BCUT2D eigenvalue weighted by atomic mass is 19.3. The van der Waals surface area contributed by atoms with Gasteiger partial charge in [0.05, 0.1) is 18.9 Å². The summed E-state index contributed by atoms with van der Waals surface area (Å²) >= 11 is 0. The molecule has 0 spiro atoms. The zero-order valence-corrected chi connectivity index (χ0v) is 11.1. The molecule has 1 aromatic carbocycles. The van der Waals surface area contributed by atoms with Crippen LogP contribution in [0.2, 0.25) is 0 Å². The molecule has 0 N–H and O–H groups in total. The predicted molar refractivity (Wildman–Crippen MR) is 73.3 cm³/mol. The van der Waals surface area contributed by atoms with E-state index in [1.807, 2.05) is 24.3 Å². The van der Waals surface area contributed by atoms with Crippen LogP contribution in [0.4, 0.5) is 14.5 Å². The summed E-state index contributed by atoms with van der Waals surface area (Å²) in [6.07, 6.45) is -0.0874. The third kappa shape index (κ3) is 4.21. The summed E-state index contributed by atoms with van der Waals surface area (Å²) in [7, 11) is 0. The molecule has 108 valence electrons. The van der Waals surface area contributed by atoms with Crippen molar-refractivity contribution in [3.05, 3.63) is 42.0 Å². The number of hydrogen-bond acceptors (Lipinski definition) is 3. The van der Waals surface area contributed by atoms with Gasteiger partial charge in [-0.25, -0.2) is 0 Å². The summed E-state index contributed by atoms with van der Waals surface area (Å²) in [5.74, 6) is 0.163. The van der Waals surface area contributed by atoms with Crippen molar-refractivity contribution in [1.29, 1.82) is 0 Å². The third-order valence-electron chi connectivity index (χ3n) is 3.19. The van der Waals surface area contributed by atoms with Gasteiger partial charge in [-0.1, -0.05) is 12.1 Å². The van der Waals surface area contributed by atoms with Crippen LogP contribution in [0, 0.1) is 5.92 Å². The van der Waals surface area contributed by atoms with Crippen LogP contribution in [0.5, 0.6) is 0 Å². The summed E-state index contributed by atoms with van der Waals surface area (Å²) in [5.41, 5.74) is 1.72. The SMILES string of the molecule is C=Nc1ccc(C2OCC(CCC=C(F)F)CO2)cc1. The van der Waals surface area contributed by atoms with Crippen LogP contribution in [-0.4, -0.2) is 19.9 Å². The van der Waals surface area contributed by atoms with Crippen molar-refractivity contribution >= 4 is 12.4 Å². The Labute approximate surface area is 116 Å². The summed E-state index contributed by atoms with van der Waals surface area (Å²) < 4.78 is 35.1. The second kappa shape index (κ2) is 7.26. The number of aliphatic imine (C=N–C) groups is 1. The molecule has 0 aliphatic carbocycles. The average Bonchev–Trinajstić information content (AvgIpc) is 2.48. The van der Waals surface area contributed by atoms with Gasteiger partial charge in [-0.2, -0.15) is 8.78 Å². The Morgan fingerprint density at radius 3 is 2.45 bits per heavy atom. The summed E-state index contributed by atoms with van der Waals surface area (Å²) in [4.78, 5) is 3.82. The zero-order valence-electron chi connectivity index (χ0n) is 11.1. The molecule has 3 nitrogen and oxygen atoms in total. The summed E-state index contributed by atoms with van der Waals surface area (Å²) in [6, 6.07) is 7.46. The minimum atomic E-state index is -1.63. The minimum absolute atomic E-state index is 0.163. The highest BCUT2D eigenvalue weighted by Gasteiger charge is 2.23. The second-order valence-corrected chi connectivity index (χ2v) is 4.69. The van der Waals surface area contributed by atoms with E-state index in [1.54, 1.807) is 0 Å². The van der Waals surface area contributed by atoms with Crippen LogP contribution in [0.25, 0.3) is 0 Å². The first-order chi connectivity index (χ1) is 9.69. The third-order valence-corrected chi connectivity index (χ3v) is 3.19. The zero-order chi connectivity index (χ0) is 14.4. The van der Waals surface area contributed by atoms with Gasteiger partial charge in [-0.15, -0.1) is 0 Å². The number of benzene rings is 1. The van der Waals surface area contributed by atoms with Gasteiger partial charge in [-0.3, -0.25) is 4.99 Å². The highest BCUT2D eigenvalue weighted by Crippen LogP contribution is 2.28.